The van der Waals surface area contributed by atoms with E-state index in [1.165, 1.54) is 38.6 Å². The Morgan fingerprint density at radius 1 is 0.515 bits per heavy atom. The topological polar surface area (TPSA) is 63.0 Å². The van der Waals surface area contributed by atoms with Crippen LogP contribution in [0.25, 0.3) is 60.9 Å². The summed E-state index contributed by atoms with van der Waals surface area (Å²) >= 11 is 0. The zero-order valence-electron chi connectivity index (χ0n) is 36.3. The lowest BCUT2D eigenvalue weighted by Crippen LogP contribution is -2.36. The molecule has 0 fully saturated rings. The first kappa shape index (κ1) is 38.4. The van der Waals surface area contributed by atoms with Crippen molar-refractivity contribution in [2.24, 2.45) is 9.98 Å². The second-order valence-electron chi connectivity index (χ2n) is 17.9. The van der Waals surface area contributed by atoms with E-state index < -0.39 is 6.17 Å². The van der Waals surface area contributed by atoms with E-state index in [1.54, 1.807) is 0 Å². The van der Waals surface area contributed by atoms with Gasteiger partial charge in [0.25, 0.3) is 0 Å². The van der Waals surface area contributed by atoms with Crippen molar-refractivity contribution < 1.29 is 8.83 Å². The Labute approximate surface area is 383 Å². The highest BCUT2D eigenvalue weighted by molar-refractivity contribution is 6.21. The van der Waals surface area contributed by atoms with Crippen LogP contribution in [0, 0.1) is 0 Å². The first-order valence-electron chi connectivity index (χ1n) is 23.2. The molecule has 3 atom stereocenters. The predicted molar refractivity (Wildman–Crippen MR) is 271 cm³/mol. The number of para-hydroxylation sites is 3. The van der Waals surface area contributed by atoms with Crippen LogP contribution in [-0.4, -0.2) is 11.7 Å². The molecule has 3 aliphatic carbocycles. The Kier molecular flexibility index (Phi) is 9.26. The van der Waals surface area contributed by atoms with Gasteiger partial charge < -0.3 is 14.2 Å². The standard InChI is InChI=1S/C61H45N3O2/c1-3-15-38(16-4-1)42-21-11-22-43(33-42)48-24-12-27-52-53-28-13-25-49(57(53)66-56(48)52)46-35-45(39-17-5-2-6-18-39)36-47(37-46)60-62-59(44-32-31-40-19-7-8-20-41(40)34-44)63-61(64-60)54-29-14-26-51-50-23-9-10-30-55(50)65-58(51)54/h2-3,5-21,23-24,26-37,43,49,60H,1,4,22,25H2,(H,62,63,64). The molecule has 0 radical (unpaired) electrons. The zero-order chi connectivity index (χ0) is 43.6. The van der Waals surface area contributed by atoms with Gasteiger partial charge in [-0.15, -0.1) is 0 Å². The summed E-state index contributed by atoms with van der Waals surface area (Å²) in [7, 11) is 0. The van der Waals surface area contributed by atoms with Gasteiger partial charge in [-0.25, -0.2) is 9.98 Å². The Morgan fingerprint density at radius 2 is 1.30 bits per heavy atom. The average molecular weight is 852 g/mol. The number of fused-ring (bicyclic) bond motifs is 7. The van der Waals surface area contributed by atoms with Crippen molar-refractivity contribution >= 4 is 61.4 Å². The van der Waals surface area contributed by atoms with Crippen LogP contribution in [0.1, 0.15) is 82.8 Å². The summed E-state index contributed by atoms with van der Waals surface area (Å²) < 4.78 is 13.8. The van der Waals surface area contributed by atoms with Gasteiger partial charge in [0.1, 0.15) is 34.2 Å². The second-order valence-corrected chi connectivity index (χ2v) is 17.9. The number of aliphatic imine (C=N–C) groups is 2. The first-order chi connectivity index (χ1) is 32.7. The van der Waals surface area contributed by atoms with E-state index >= 15 is 0 Å². The van der Waals surface area contributed by atoms with E-state index in [1.807, 2.05) is 12.1 Å². The van der Waals surface area contributed by atoms with E-state index in [2.05, 4.69) is 193 Å². The largest absolute Gasteiger partial charge is 0.459 e. The second kappa shape index (κ2) is 15.9. The van der Waals surface area contributed by atoms with E-state index in [4.69, 9.17) is 18.8 Å². The third-order valence-corrected chi connectivity index (χ3v) is 13.8. The zero-order valence-corrected chi connectivity index (χ0v) is 36.3. The number of benzene rings is 7. The van der Waals surface area contributed by atoms with Gasteiger partial charge in [0, 0.05) is 44.7 Å². The van der Waals surface area contributed by atoms with Crippen molar-refractivity contribution in [3.05, 3.63) is 244 Å². The highest BCUT2D eigenvalue weighted by Crippen LogP contribution is 2.46. The molecule has 7 aromatic carbocycles. The highest BCUT2D eigenvalue weighted by Gasteiger charge is 2.30. The van der Waals surface area contributed by atoms with E-state index in [-0.39, 0.29) is 11.8 Å². The van der Waals surface area contributed by atoms with Crippen molar-refractivity contribution in [3.8, 4) is 11.1 Å². The predicted octanol–water partition coefficient (Wildman–Crippen LogP) is 15.4. The molecule has 0 bridgehead atoms. The molecule has 66 heavy (non-hydrogen) atoms. The molecule has 9 aromatic rings. The van der Waals surface area contributed by atoms with Crippen LogP contribution in [0.3, 0.4) is 0 Å². The van der Waals surface area contributed by atoms with Crippen LogP contribution < -0.4 is 5.32 Å². The third kappa shape index (κ3) is 6.70. The van der Waals surface area contributed by atoms with Crippen molar-refractivity contribution in [3.63, 3.8) is 0 Å². The van der Waals surface area contributed by atoms with Crippen LogP contribution in [0.2, 0.25) is 0 Å². The maximum Gasteiger partial charge on any atom is 0.169 e. The van der Waals surface area contributed by atoms with Gasteiger partial charge in [-0.1, -0.05) is 176 Å². The van der Waals surface area contributed by atoms with Gasteiger partial charge in [-0.2, -0.15) is 0 Å². The fourth-order valence-corrected chi connectivity index (χ4v) is 10.5. The minimum Gasteiger partial charge on any atom is -0.459 e. The molecule has 5 nitrogen and oxygen atoms in total. The monoisotopic (exact) mass is 851 g/mol. The number of furan rings is 2. The molecule has 1 aliphatic heterocycles. The average Bonchev–Trinajstić information content (AvgIpc) is 3.98. The lowest BCUT2D eigenvalue weighted by Gasteiger charge is -2.25. The number of nitrogens with zero attached hydrogens (tertiary/aromatic N) is 2. The summed E-state index contributed by atoms with van der Waals surface area (Å²) in [6, 6.07) is 53.8. The number of nitrogens with one attached hydrogen (secondary N) is 1. The summed E-state index contributed by atoms with van der Waals surface area (Å²) in [5.74, 6) is 2.69. The quantitative estimate of drug-likeness (QED) is 0.174. The molecule has 3 heterocycles. The highest BCUT2D eigenvalue weighted by atomic mass is 16.3. The summed E-state index contributed by atoms with van der Waals surface area (Å²) in [4.78, 5) is 10.9. The lowest BCUT2D eigenvalue weighted by atomic mass is 9.83. The molecular formula is C61H45N3O2. The van der Waals surface area contributed by atoms with Gasteiger partial charge in [0.2, 0.25) is 0 Å². The first-order valence-corrected chi connectivity index (χ1v) is 23.2. The van der Waals surface area contributed by atoms with Crippen LogP contribution in [0.5, 0.6) is 0 Å². The Hall–Kier alpha value is -8.02. The molecule has 0 spiro atoms. The third-order valence-electron chi connectivity index (χ3n) is 13.8. The molecule has 3 unspecified atom stereocenters. The van der Waals surface area contributed by atoms with Gasteiger partial charge >= 0.3 is 0 Å². The summed E-state index contributed by atoms with van der Waals surface area (Å²) in [6.45, 7) is 0. The van der Waals surface area contributed by atoms with E-state index in [9.17, 15) is 0 Å². The molecule has 13 rings (SSSR count). The number of rotatable bonds is 7. The number of hydrogen-bond donors (Lipinski definition) is 1. The minimum atomic E-state index is -0.555. The fourth-order valence-electron chi connectivity index (χ4n) is 10.5. The van der Waals surface area contributed by atoms with Crippen molar-refractivity contribution in [2.75, 3.05) is 0 Å². The normalized spacial score (nSPS) is 19.1. The molecular weight excluding hydrogens is 807 g/mol. The van der Waals surface area contributed by atoms with Crippen LogP contribution in [0.15, 0.2) is 224 Å². The molecule has 5 heteroatoms. The molecule has 0 saturated heterocycles. The van der Waals surface area contributed by atoms with Gasteiger partial charge in [0.15, 0.2) is 6.17 Å². The van der Waals surface area contributed by atoms with Crippen molar-refractivity contribution in [2.45, 2.75) is 43.7 Å². The van der Waals surface area contributed by atoms with Gasteiger partial charge in [0.05, 0.1) is 5.56 Å². The Balaban J connectivity index is 0.961. The molecule has 1 N–H and O–H groups in total. The number of hydrogen-bond acceptors (Lipinski definition) is 5. The van der Waals surface area contributed by atoms with Crippen LogP contribution >= 0.6 is 0 Å². The smallest absolute Gasteiger partial charge is 0.169 e. The maximum atomic E-state index is 7.20. The number of amidine groups is 2. The fraction of sp³-hybridized carbons (Fsp3) is 0.115. The summed E-state index contributed by atoms with van der Waals surface area (Å²) in [5, 5.41) is 9.33. The van der Waals surface area contributed by atoms with Crippen molar-refractivity contribution in [1.29, 1.82) is 0 Å². The van der Waals surface area contributed by atoms with Crippen molar-refractivity contribution in [1.82, 2.24) is 5.32 Å². The minimum absolute atomic E-state index is 0.0130. The van der Waals surface area contributed by atoms with Gasteiger partial charge in [-0.05, 0) is 94.1 Å². The lowest BCUT2D eigenvalue weighted by molar-refractivity contribution is 0.512. The van der Waals surface area contributed by atoms with E-state index in [0.717, 1.165) is 98.0 Å². The maximum absolute atomic E-state index is 7.20. The van der Waals surface area contributed by atoms with Crippen LogP contribution in [0.4, 0.5) is 0 Å². The van der Waals surface area contributed by atoms with Gasteiger partial charge in [-0.3, -0.25) is 0 Å². The molecule has 0 saturated carbocycles. The SMILES string of the molecule is C1=CC(C2=CC(c3cccc4c5c(oc34)C(c3cc(-c4ccccc4)cc(C4N=C(c6ccc7ccccc7c6)NC(c6cccc7c6oc6ccccc67)=N4)c3)CC=C5)CC=C2)=CCC1. The molecule has 4 aliphatic rings. The Bertz CT molecular complexity index is 3650. The summed E-state index contributed by atoms with van der Waals surface area (Å²) in [5.41, 5.74) is 14.0. The van der Waals surface area contributed by atoms with Crippen LogP contribution in [-0.2, 0) is 0 Å². The van der Waals surface area contributed by atoms with E-state index in [0.29, 0.717) is 5.84 Å². The summed E-state index contributed by atoms with van der Waals surface area (Å²) in [6.07, 6.45) is 22.0. The molecule has 316 valence electrons. The number of allylic oxidation sites excluding steroid dienone is 9. The molecule has 2 aromatic heterocycles. The Morgan fingerprint density at radius 3 is 2.23 bits per heavy atom. The molecule has 0 amide bonds.